The number of benzene rings is 1. The van der Waals surface area contributed by atoms with Gasteiger partial charge in [-0.1, -0.05) is 0 Å². The molecule has 6 heteroatoms. The fourth-order valence-corrected chi connectivity index (χ4v) is 1.75. The summed E-state index contributed by atoms with van der Waals surface area (Å²) in [5.74, 6) is 1.25. The number of nitrogens with one attached hydrogen (secondary N) is 2. The van der Waals surface area contributed by atoms with Gasteiger partial charge in [0.1, 0.15) is 5.82 Å². The van der Waals surface area contributed by atoms with Gasteiger partial charge in [-0.25, -0.2) is 4.98 Å². The molecule has 0 saturated carbocycles. The van der Waals surface area contributed by atoms with Crippen LogP contribution in [-0.4, -0.2) is 16.5 Å². The molecule has 0 unspecified atom stereocenters. The Kier molecular flexibility index (Phi) is 4.31. The Balaban J connectivity index is 2.21. The number of halogens is 1. The molecule has 0 aliphatic rings. The van der Waals surface area contributed by atoms with E-state index in [2.05, 4.69) is 42.6 Å². The normalized spacial score (nSPS) is 9.74. The molecule has 0 atom stereocenters. The van der Waals surface area contributed by atoms with Crippen LogP contribution < -0.4 is 10.6 Å². The minimum atomic E-state index is 0.571. The molecule has 0 aliphatic heterocycles. The second kappa shape index (κ2) is 6.16. The Morgan fingerprint density at radius 1 is 1.32 bits per heavy atom. The smallest absolute Gasteiger partial charge is 0.224 e. The highest BCUT2D eigenvalue weighted by atomic mass is 79.9. The minimum Gasteiger partial charge on any atom is -0.354 e. The summed E-state index contributed by atoms with van der Waals surface area (Å²) in [4.78, 5) is 8.50. The molecule has 2 N–H and O–H groups in total. The van der Waals surface area contributed by atoms with Gasteiger partial charge in [0.25, 0.3) is 0 Å². The SMILES string of the molecule is CCNc1ncc(Br)c(Nc2ccc(C#N)cc2)n1. The Hall–Kier alpha value is -2.13. The van der Waals surface area contributed by atoms with Crippen molar-refractivity contribution in [1.82, 2.24) is 9.97 Å². The van der Waals surface area contributed by atoms with Crippen molar-refractivity contribution in [2.45, 2.75) is 6.92 Å². The number of nitrogens with zero attached hydrogens (tertiary/aromatic N) is 3. The van der Waals surface area contributed by atoms with Crippen LogP contribution in [0.25, 0.3) is 0 Å². The van der Waals surface area contributed by atoms with E-state index in [0.29, 0.717) is 17.3 Å². The number of nitriles is 1. The van der Waals surface area contributed by atoms with Crippen LogP contribution >= 0.6 is 15.9 Å². The fourth-order valence-electron chi connectivity index (χ4n) is 1.46. The first-order valence-corrected chi connectivity index (χ1v) is 6.56. The first-order valence-electron chi connectivity index (χ1n) is 5.76. The molecule has 1 heterocycles. The predicted octanol–water partition coefficient (Wildman–Crippen LogP) is 3.29. The van der Waals surface area contributed by atoms with E-state index in [4.69, 9.17) is 5.26 Å². The molecular formula is C13H12BrN5. The Bertz CT molecular complexity index is 603. The lowest BCUT2D eigenvalue weighted by Crippen LogP contribution is -2.04. The van der Waals surface area contributed by atoms with Gasteiger partial charge in [-0.2, -0.15) is 10.2 Å². The Morgan fingerprint density at radius 2 is 2.05 bits per heavy atom. The maximum absolute atomic E-state index is 8.75. The van der Waals surface area contributed by atoms with E-state index in [1.165, 1.54) is 0 Å². The molecule has 0 fully saturated rings. The van der Waals surface area contributed by atoms with Crippen molar-refractivity contribution in [3.05, 3.63) is 40.5 Å². The highest BCUT2D eigenvalue weighted by Crippen LogP contribution is 2.24. The second-order valence-corrected chi connectivity index (χ2v) is 4.59. The van der Waals surface area contributed by atoms with Crippen molar-refractivity contribution in [2.75, 3.05) is 17.2 Å². The molecular weight excluding hydrogens is 306 g/mol. The zero-order chi connectivity index (χ0) is 13.7. The van der Waals surface area contributed by atoms with Crippen LogP contribution in [0.5, 0.6) is 0 Å². The van der Waals surface area contributed by atoms with Crippen LogP contribution in [0.3, 0.4) is 0 Å². The molecule has 1 aromatic heterocycles. The van der Waals surface area contributed by atoms with Gasteiger partial charge >= 0.3 is 0 Å². The highest BCUT2D eigenvalue weighted by Gasteiger charge is 2.05. The third-order valence-electron chi connectivity index (χ3n) is 2.36. The largest absolute Gasteiger partial charge is 0.354 e. The van der Waals surface area contributed by atoms with Crippen LogP contribution in [0.15, 0.2) is 34.9 Å². The molecule has 0 radical (unpaired) electrons. The molecule has 2 aromatic rings. The molecule has 0 aliphatic carbocycles. The summed E-state index contributed by atoms with van der Waals surface area (Å²) < 4.78 is 0.776. The third kappa shape index (κ3) is 3.42. The number of rotatable bonds is 4. The minimum absolute atomic E-state index is 0.571. The van der Waals surface area contributed by atoms with Crippen LogP contribution in [0.2, 0.25) is 0 Å². The highest BCUT2D eigenvalue weighted by molar-refractivity contribution is 9.10. The quantitative estimate of drug-likeness (QED) is 0.905. The lowest BCUT2D eigenvalue weighted by molar-refractivity contribution is 1.08. The predicted molar refractivity (Wildman–Crippen MR) is 78.3 cm³/mol. The summed E-state index contributed by atoms with van der Waals surface area (Å²) in [6.45, 7) is 2.75. The molecule has 0 bridgehead atoms. The van der Waals surface area contributed by atoms with Gasteiger partial charge in [-0.15, -0.1) is 0 Å². The number of hydrogen-bond acceptors (Lipinski definition) is 5. The number of anilines is 3. The third-order valence-corrected chi connectivity index (χ3v) is 2.94. The first-order chi connectivity index (χ1) is 9.22. The molecule has 5 nitrogen and oxygen atoms in total. The van der Waals surface area contributed by atoms with Crippen molar-refractivity contribution in [3.63, 3.8) is 0 Å². The van der Waals surface area contributed by atoms with Crippen LogP contribution in [0, 0.1) is 11.3 Å². The first kappa shape index (κ1) is 13.3. The maximum Gasteiger partial charge on any atom is 0.224 e. The van der Waals surface area contributed by atoms with Crippen LogP contribution in [0.4, 0.5) is 17.5 Å². The second-order valence-electron chi connectivity index (χ2n) is 3.73. The number of hydrogen-bond donors (Lipinski definition) is 2. The van der Waals surface area contributed by atoms with Crippen molar-refractivity contribution in [1.29, 1.82) is 5.26 Å². The van der Waals surface area contributed by atoms with Gasteiger partial charge in [-0.3, -0.25) is 0 Å². The monoisotopic (exact) mass is 317 g/mol. The molecule has 19 heavy (non-hydrogen) atoms. The van der Waals surface area contributed by atoms with Crippen LogP contribution in [0.1, 0.15) is 12.5 Å². The van der Waals surface area contributed by atoms with E-state index in [9.17, 15) is 0 Å². The summed E-state index contributed by atoms with van der Waals surface area (Å²) >= 11 is 3.40. The van der Waals surface area contributed by atoms with E-state index in [0.717, 1.165) is 16.7 Å². The van der Waals surface area contributed by atoms with E-state index in [-0.39, 0.29) is 0 Å². The lowest BCUT2D eigenvalue weighted by atomic mass is 10.2. The van der Waals surface area contributed by atoms with Crippen molar-refractivity contribution in [3.8, 4) is 6.07 Å². The summed E-state index contributed by atoms with van der Waals surface area (Å²) in [6, 6.07) is 9.25. The number of aromatic nitrogens is 2. The van der Waals surface area contributed by atoms with E-state index < -0.39 is 0 Å². The Labute approximate surface area is 119 Å². The average Bonchev–Trinajstić information content (AvgIpc) is 2.44. The molecule has 0 amide bonds. The van der Waals surface area contributed by atoms with Gasteiger partial charge in [0.05, 0.1) is 16.1 Å². The summed E-state index contributed by atoms with van der Waals surface area (Å²) in [5, 5.41) is 15.0. The summed E-state index contributed by atoms with van der Waals surface area (Å²) in [5.41, 5.74) is 1.49. The lowest BCUT2D eigenvalue weighted by Gasteiger charge is -2.09. The standard InChI is InChI=1S/C13H12BrN5/c1-2-16-13-17-8-11(14)12(19-13)18-10-5-3-9(7-15)4-6-10/h3-6,8H,2H2,1H3,(H2,16,17,18,19). The molecule has 0 saturated heterocycles. The van der Waals surface area contributed by atoms with Gasteiger partial charge in [0, 0.05) is 18.4 Å². The van der Waals surface area contributed by atoms with Crippen LogP contribution in [-0.2, 0) is 0 Å². The zero-order valence-electron chi connectivity index (χ0n) is 10.3. The topological polar surface area (TPSA) is 73.6 Å². The summed E-state index contributed by atoms with van der Waals surface area (Å²) in [6.07, 6.45) is 1.69. The van der Waals surface area contributed by atoms with E-state index >= 15 is 0 Å². The molecule has 96 valence electrons. The van der Waals surface area contributed by atoms with Gasteiger partial charge in [-0.05, 0) is 47.1 Å². The maximum atomic E-state index is 8.75. The fraction of sp³-hybridized carbons (Fsp3) is 0.154. The molecule has 1 aromatic carbocycles. The van der Waals surface area contributed by atoms with Crippen molar-refractivity contribution < 1.29 is 0 Å². The van der Waals surface area contributed by atoms with E-state index in [1.807, 2.05) is 19.1 Å². The van der Waals surface area contributed by atoms with E-state index in [1.54, 1.807) is 18.3 Å². The van der Waals surface area contributed by atoms with Crippen molar-refractivity contribution >= 4 is 33.4 Å². The van der Waals surface area contributed by atoms with Gasteiger partial charge in [0.15, 0.2) is 0 Å². The van der Waals surface area contributed by atoms with Crippen molar-refractivity contribution in [2.24, 2.45) is 0 Å². The average molecular weight is 318 g/mol. The molecule has 0 spiro atoms. The Morgan fingerprint density at radius 3 is 2.68 bits per heavy atom. The van der Waals surface area contributed by atoms with Gasteiger partial charge in [0.2, 0.25) is 5.95 Å². The van der Waals surface area contributed by atoms with Gasteiger partial charge < -0.3 is 10.6 Å². The molecule has 2 rings (SSSR count). The summed E-state index contributed by atoms with van der Waals surface area (Å²) in [7, 11) is 0. The zero-order valence-corrected chi connectivity index (χ0v) is 11.9.